The lowest BCUT2D eigenvalue weighted by atomic mass is 10.1. The molecule has 18 heavy (non-hydrogen) atoms. The first-order chi connectivity index (χ1) is 8.43. The van der Waals surface area contributed by atoms with Crippen molar-refractivity contribution in [3.8, 4) is 6.07 Å². The van der Waals surface area contributed by atoms with Crippen molar-refractivity contribution >= 4 is 0 Å². The lowest BCUT2D eigenvalue weighted by Crippen LogP contribution is -2.19. The topological polar surface area (TPSA) is 27.0 Å². The number of hydrogen-bond donors (Lipinski definition) is 0. The molecule has 5 heteroatoms. The Kier molecular flexibility index (Phi) is 5.17. The zero-order valence-corrected chi connectivity index (χ0v) is 10.2. The van der Waals surface area contributed by atoms with Gasteiger partial charge in [-0.2, -0.15) is 18.4 Å². The minimum Gasteiger partial charge on any atom is -0.302 e. The smallest absolute Gasteiger partial charge is 0.302 e. The Hall–Kier alpha value is -1.54. The van der Waals surface area contributed by atoms with E-state index in [-0.39, 0.29) is 0 Å². The Balaban J connectivity index is 2.60. The molecule has 0 aliphatic heterocycles. The van der Waals surface area contributed by atoms with E-state index in [1.807, 2.05) is 18.0 Å². The summed E-state index contributed by atoms with van der Waals surface area (Å²) < 4.78 is 37.5. The number of rotatable bonds is 5. The number of alkyl halides is 3. The van der Waals surface area contributed by atoms with Gasteiger partial charge >= 0.3 is 6.18 Å². The van der Waals surface area contributed by atoms with Gasteiger partial charge in [0, 0.05) is 13.0 Å². The van der Waals surface area contributed by atoms with Crippen LogP contribution in [0.1, 0.15) is 24.0 Å². The normalized spacial score (nSPS) is 11.6. The summed E-state index contributed by atoms with van der Waals surface area (Å²) >= 11 is 0. The number of nitrogens with zero attached hydrogens (tertiary/aromatic N) is 2. The van der Waals surface area contributed by atoms with Crippen LogP contribution in [-0.4, -0.2) is 18.5 Å². The summed E-state index contributed by atoms with van der Waals surface area (Å²) in [5.74, 6) is 0. The molecule has 0 fully saturated rings. The first kappa shape index (κ1) is 14.5. The summed E-state index contributed by atoms with van der Waals surface area (Å²) in [5, 5.41) is 8.40. The van der Waals surface area contributed by atoms with Gasteiger partial charge in [-0.25, -0.2) is 0 Å². The van der Waals surface area contributed by atoms with Crippen molar-refractivity contribution in [1.82, 2.24) is 4.90 Å². The van der Waals surface area contributed by atoms with Crippen LogP contribution in [0, 0.1) is 11.3 Å². The maximum absolute atomic E-state index is 12.5. The fraction of sp³-hybridized carbons (Fsp3) is 0.462. The Labute approximate surface area is 105 Å². The summed E-state index contributed by atoms with van der Waals surface area (Å²) in [5.41, 5.74) is 0.00899. The van der Waals surface area contributed by atoms with Crippen molar-refractivity contribution in [3.05, 3.63) is 35.4 Å². The largest absolute Gasteiger partial charge is 0.416 e. The molecule has 0 amide bonds. The molecule has 1 rings (SSSR count). The SMILES string of the molecule is CN(CCCC#N)Cc1cccc(C(F)(F)F)c1. The average molecular weight is 256 g/mol. The number of benzene rings is 1. The predicted octanol–water partition coefficient (Wildman–Crippen LogP) is 3.44. The molecule has 0 N–H and O–H groups in total. The summed E-state index contributed by atoms with van der Waals surface area (Å²) in [7, 11) is 1.83. The fourth-order valence-electron chi connectivity index (χ4n) is 1.66. The molecule has 0 bridgehead atoms. The first-order valence-corrected chi connectivity index (χ1v) is 5.65. The molecule has 1 aromatic rings. The molecule has 0 aliphatic rings. The molecule has 0 saturated heterocycles. The lowest BCUT2D eigenvalue weighted by Gasteiger charge is -2.16. The number of nitriles is 1. The van der Waals surface area contributed by atoms with Crippen molar-refractivity contribution in [2.24, 2.45) is 0 Å². The zero-order chi connectivity index (χ0) is 13.6. The molecule has 98 valence electrons. The van der Waals surface area contributed by atoms with Gasteiger partial charge in [0.05, 0.1) is 11.6 Å². The monoisotopic (exact) mass is 256 g/mol. The molecule has 0 saturated carbocycles. The van der Waals surface area contributed by atoms with Crippen LogP contribution in [0.4, 0.5) is 13.2 Å². The molecule has 0 spiro atoms. The molecule has 1 aromatic carbocycles. The molecular weight excluding hydrogens is 241 g/mol. The van der Waals surface area contributed by atoms with Gasteiger partial charge in [0.25, 0.3) is 0 Å². The van der Waals surface area contributed by atoms with E-state index >= 15 is 0 Å². The maximum Gasteiger partial charge on any atom is 0.416 e. The number of hydrogen-bond acceptors (Lipinski definition) is 2. The van der Waals surface area contributed by atoms with Crippen LogP contribution in [0.25, 0.3) is 0 Å². The van der Waals surface area contributed by atoms with Crippen molar-refractivity contribution in [2.45, 2.75) is 25.6 Å². The second-order valence-corrected chi connectivity index (χ2v) is 4.20. The maximum atomic E-state index is 12.5. The van der Waals surface area contributed by atoms with Crippen LogP contribution in [0.3, 0.4) is 0 Å². The zero-order valence-electron chi connectivity index (χ0n) is 10.2. The second kappa shape index (κ2) is 6.41. The molecule has 0 radical (unpaired) electrons. The van der Waals surface area contributed by atoms with Crippen LogP contribution in [-0.2, 0) is 12.7 Å². The first-order valence-electron chi connectivity index (χ1n) is 5.65. The molecule has 0 atom stereocenters. The molecular formula is C13H15F3N2. The van der Waals surface area contributed by atoms with E-state index in [4.69, 9.17) is 5.26 Å². The number of unbranched alkanes of at least 4 members (excludes halogenated alkanes) is 1. The standard InChI is InChI=1S/C13H15F3N2/c1-18(8-3-2-7-17)10-11-5-4-6-12(9-11)13(14,15)16/h4-6,9H,2-3,8,10H2,1H3. The Morgan fingerprint density at radius 1 is 1.33 bits per heavy atom. The van der Waals surface area contributed by atoms with Gasteiger partial charge in [-0.15, -0.1) is 0 Å². The van der Waals surface area contributed by atoms with Gasteiger partial charge in [0.15, 0.2) is 0 Å². The predicted molar refractivity (Wildman–Crippen MR) is 62.6 cm³/mol. The highest BCUT2D eigenvalue weighted by Crippen LogP contribution is 2.29. The lowest BCUT2D eigenvalue weighted by molar-refractivity contribution is -0.137. The van der Waals surface area contributed by atoms with Crippen LogP contribution >= 0.6 is 0 Å². The molecule has 0 aromatic heterocycles. The third-order valence-electron chi connectivity index (χ3n) is 2.54. The van der Waals surface area contributed by atoms with E-state index in [1.54, 1.807) is 6.07 Å². The molecule has 0 unspecified atom stereocenters. The third-order valence-corrected chi connectivity index (χ3v) is 2.54. The highest BCUT2D eigenvalue weighted by Gasteiger charge is 2.30. The van der Waals surface area contributed by atoms with Crippen LogP contribution < -0.4 is 0 Å². The van der Waals surface area contributed by atoms with E-state index in [9.17, 15) is 13.2 Å². The van der Waals surface area contributed by atoms with Crippen molar-refractivity contribution in [3.63, 3.8) is 0 Å². The third kappa shape index (κ3) is 4.76. The van der Waals surface area contributed by atoms with E-state index in [1.165, 1.54) is 12.1 Å². The molecule has 0 heterocycles. The Bertz CT molecular complexity index is 421. The van der Waals surface area contributed by atoms with Crippen molar-refractivity contribution in [1.29, 1.82) is 5.26 Å². The van der Waals surface area contributed by atoms with E-state index in [0.29, 0.717) is 25.1 Å². The van der Waals surface area contributed by atoms with E-state index in [0.717, 1.165) is 12.5 Å². The average Bonchev–Trinajstić information content (AvgIpc) is 2.28. The highest BCUT2D eigenvalue weighted by molar-refractivity contribution is 5.25. The van der Waals surface area contributed by atoms with Gasteiger partial charge in [-0.05, 0) is 31.6 Å². The minimum absolute atomic E-state index is 0.454. The second-order valence-electron chi connectivity index (χ2n) is 4.20. The highest BCUT2D eigenvalue weighted by atomic mass is 19.4. The van der Waals surface area contributed by atoms with Crippen molar-refractivity contribution < 1.29 is 13.2 Å². The van der Waals surface area contributed by atoms with Crippen LogP contribution in [0.5, 0.6) is 0 Å². The minimum atomic E-state index is -4.30. The van der Waals surface area contributed by atoms with Gasteiger partial charge in [-0.3, -0.25) is 0 Å². The van der Waals surface area contributed by atoms with Gasteiger partial charge < -0.3 is 4.90 Å². The van der Waals surface area contributed by atoms with Crippen molar-refractivity contribution in [2.75, 3.05) is 13.6 Å². The summed E-state index contributed by atoms with van der Waals surface area (Å²) in [6, 6.07) is 7.37. The van der Waals surface area contributed by atoms with E-state index < -0.39 is 11.7 Å². The van der Waals surface area contributed by atoms with E-state index in [2.05, 4.69) is 0 Å². The number of halogens is 3. The van der Waals surface area contributed by atoms with Gasteiger partial charge in [0.1, 0.15) is 0 Å². The van der Waals surface area contributed by atoms with Crippen LogP contribution in [0.15, 0.2) is 24.3 Å². The molecule has 2 nitrogen and oxygen atoms in total. The Morgan fingerprint density at radius 3 is 2.67 bits per heavy atom. The Morgan fingerprint density at radius 2 is 2.06 bits per heavy atom. The summed E-state index contributed by atoms with van der Waals surface area (Å²) in [6.07, 6.45) is -3.10. The van der Waals surface area contributed by atoms with Gasteiger partial charge in [0.2, 0.25) is 0 Å². The fourth-order valence-corrected chi connectivity index (χ4v) is 1.66. The molecule has 0 aliphatic carbocycles. The quantitative estimate of drug-likeness (QED) is 0.754. The van der Waals surface area contributed by atoms with Gasteiger partial charge in [-0.1, -0.05) is 18.2 Å². The summed E-state index contributed by atoms with van der Waals surface area (Å²) in [4.78, 5) is 1.91. The van der Waals surface area contributed by atoms with Crippen LogP contribution in [0.2, 0.25) is 0 Å². The summed E-state index contributed by atoms with van der Waals surface area (Å²) in [6.45, 7) is 1.15.